The molecule has 11 heavy (non-hydrogen) atoms. The van der Waals surface area contributed by atoms with Gasteiger partial charge in [-0.05, 0) is 11.3 Å². The molecule has 2 N–H and O–H groups in total. The number of carbonyl (C=O) groups is 1. The molecule has 0 aliphatic carbocycles. The molecule has 1 aliphatic rings. The minimum absolute atomic E-state index is 0.0694. The molecule has 1 unspecified atom stereocenters. The summed E-state index contributed by atoms with van der Waals surface area (Å²) in [6.07, 6.45) is 1.68. The van der Waals surface area contributed by atoms with E-state index in [0.717, 1.165) is 0 Å². The Bertz CT molecular complexity index is 193. The summed E-state index contributed by atoms with van der Waals surface area (Å²) >= 11 is 1.31. The molecule has 4 heteroatoms. The van der Waals surface area contributed by atoms with Gasteiger partial charge in [0.05, 0.1) is 0 Å². The quantitative estimate of drug-likeness (QED) is 0.659. The molecule has 0 fully saturated rings. The fourth-order valence-corrected chi connectivity index (χ4v) is 1.85. The van der Waals surface area contributed by atoms with Crippen molar-refractivity contribution in [3.63, 3.8) is 0 Å². The van der Waals surface area contributed by atoms with Crippen LogP contribution in [0.1, 0.15) is 13.8 Å². The minimum atomic E-state index is -0.833. The van der Waals surface area contributed by atoms with Crippen LogP contribution >= 0.6 is 11.8 Å². The summed E-state index contributed by atoms with van der Waals surface area (Å²) in [5.74, 6) is -0.734. The summed E-state index contributed by atoms with van der Waals surface area (Å²) in [6, 6.07) is 0. The zero-order valence-corrected chi connectivity index (χ0v) is 7.31. The van der Waals surface area contributed by atoms with Gasteiger partial charge in [-0.2, -0.15) is 0 Å². The molecule has 0 bridgehead atoms. The average Bonchev–Trinajstić information content (AvgIpc) is 2.34. The minimum Gasteiger partial charge on any atom is -0.479 e. The van der Waals surface area contributed by atoms with Crippen molar-refractivity contribution in [3.8, 4) is 0 Å². The van der Waals surface area contributed by atoms with E-state index >= 15 is 0 Å². The fraction of sp³-hybridized carbons (Fsp3) is 0.571. The van der Waals surface area contributed by atoms with Crippen LogP contribution in [0, 0.1) is 5.92 Å². The molecule has 3 nitrogen and oxygen atoms in total. The van der Waals surface area contributed by atoms with E-state index in [0.29, 0.717) is 0 Å². The first-order valence-electron chi connectivity index (χ1n) is 3.43. The molecular formula is C7H11NO2S. The van der Waals surface area contributed by atoms with Crippen LogP contribution in [-0.4, -0.2) is 15.9 Å². The van der Waals surface area contributed by atoms with Crippen LogP contribution in [0.15, 0.2) is 11.6 Å². The predicted molar refractivity (Wildman–Crippen MR) is 45.1 cm³/mol. The van der Waals surface area contributed by atoms with Crippen LogP contribution in [0.3, 0.4) is 0 Å². The van der Waals surface area contributed by atoms with Gasteiger partial charge in [-0.1, -0.05) is 25.6 Å². The first-order chi connectivity index (χ1) is 5.09. The summed E-state index contributed by atoms with van der Waals surface area (Å²) < 4.78 is 0. The second-order valence-corrected chi connectivity index (χ2v) is 3.91. The van der Waals surface area contributed by atoms with Crippen molar-refractivity contribution in [2.75, 3.05) is 0 Å². The van der Waals surface area contributed by atoms with E-state index in [9.17, 15) is 4.79 Å². The summed E-state index contributed by atoms with van der Waals surface area (Å²) in [5, 5.41) is 13.5. The smallest absolute Gasteiger partial charge is 0.340 e. The van der Waals surface area contributed by atoms with Gasteiger partial charge < -0.3 is 10.4 Å². The Labute approximate surface area is 69.9 Å². The van der Waals surface area contributed by atoms with E-state index < -0.39 is 10.8 Å². The number of nitrogens with one attached hydrogen (secondary N) is 1. The maximum atomic E-state index is 10.8. The monoisotopic (exact) mass is 173 g/mol. The maximum Gasteiger partial charge on any atom is 0.340 e. The zero-order valence-electron chi connectivity index (χ0n) is 6.50. The van der Waals surface area contributed by atoms with E-state index in [1.807, 2.05) is 13.8 Å². The highest BCUT2D eigenvalue weighted by Crippen LogP contribution is 2.35. The Balaban J connectivity index is 2.81. The normalized spacial score (nSPS) is 29.0. The second kappa shape index (κ2) is 2.77. The largest absolute Gasteiger partial charge is 0.479 e. The molecule has 1 atom stereocenters. The molecule has 0 aromatic carbocycles. The lowest BCUT2D eigenvalue weighted by Gasteiger charge is -2.27. The molecule has 0 saturated carbocycles. The van der Waals surface area contributed by atoms with Gasteiger partial charge in [-0.25, -0.2) is 4.79 Å². The van der Waals surface area contributed by atoms with Crippen molar-refractivity contribution >= 4 is 17.7 Å². The van der Waals surface area contributed by atoms with Crippen molar-refractivity contribution in [3.05, 3.63) is 11.6 Å². The molecular weight excluding hydrogens is 162 g/mol. The van der Waals surface area contributed by atoms with Gasteiger partial charge in [-0.15, -0.1) is 0 Å². The molecule has 0 aromatic heterocycles. The van der Waals surface area contributed by atoms with Gasteiger partial charge in [0.2, 0.25) is 0 Å². The summed E-state index contributed by atoms with van der Waals surface area (Å²) in [6.45, 7) is 3.78. The summed E-state index contributed by atoms with van der Waals surface area (Å²) in [7, 11) is 0. The summed E-state index contributed by atoms with van der Waals surface area (Å²) in [4.78, 5) is 10.0. The van der Waals surface area contributed by atoms with Gasteiger partial charge in [0.15, 0.2) is 4.87 Å². The highest BCUT2D eigenvalue weighted by molar-refractivity contribution is 8.04. The van der Waals surface area contributed by atoms with E-state index in [1.54, 1.807) is 11.6 Å². The number of hydrogen-bond donors (Lipinski definition) is 2. The van der Waals surface area contributed by atoms with Crippen molar-refractivity contribution in [1.29, 1.82) is 0 Å². The molecule has 1 aliphatic heterocycles. The number of hydrogen-bond acceptors (Lipinski definition) is 3. The summed E-state index contributed by atoms with van der Waals surface area (Å²) in [5.41, 5.74) is 0. The maximum absolute atomic E-state index is 10.8. The number of aliphatic carboxylic acids is 1. The lowest BCUT2D eigenvalue weighted by Crippen LogP contribution is -2.48. The van der Waals surface area contributed by atoms with Gasteiger partial charge in [-0.3, -0.25) is 0 Å². The SMILES string of the molecule is CC(C)C1(C(=O)O)NC=CS1. The van der Waals surface area contributed by atoms with Crippen LogP contribution in [0.5, 0.6) is 0 Å². The molecule has 0 amide bonds. The van der Waals surface area contributed by atoms with Crippen LogP contribution in [0.25, 0.3) is 0 Å². The highest BCUT2D eigenvalue weighted by atomic mass is 32.2. The second-order valence-electron chi connectivity index (χ2n) is 2.76. The standard InChI is InChI=1S/C7H11NO2S/c1-5(2)7(6(9)10)8-3-4-11-7/h3-5,8H,1-2H3,(H,9,10). The average molecular weight is 173 g/mol. The van der Waals surface area contributed by atoms with E-state index in [2.05, 4.69) is 5.32 Å². The van der Waals surface area contributed by atoms with E-state index in [4.69, 9.17) is 5.11 Å². The Morgan fingerprint density at radius 2 is 2.36 bits per heavy atom. The first kappa shape index (κ1) is 8.46. The third-order valence-corrected chi connectivity index (χ3v) is 3.16. The van der Waals surface area contributed by atoms with Gasteiger partial charge in [0.1, 0.15) is 0 Å². The number of thioether (sulfide) groups is 1. The van der Waals surface area contributed by atoms with E-state index in [1.165, 1.54) is 11.8 Å². The van der Waals surface area contributed by atoms with Gasteiger partial charge in [0.25, 0.3) is 0 Å². The van der Waals surface area contributed by atoms with Gasteiger partial charge in [0, 0.05) is 6.20 Å². The molecule has 62 valence electrons. The third-order valence-electron chi connectivity index (χ3n) is 1.75. The Morgan fingerprint density at radius 1 is 1.73 bits per heavy atom. The molecule has 0 spiro atoms. The Hall–Kier alpha value is -0.640. The lowest BCUT2D eigenvalue weighted by atomic mass is 10.0. The topological polar surface area (TPSA) is 49.3 Å². The van der Waals surface area contributed by atoms with Crippen molar-refractivity contribution in [2.24, 2.45) is 5.92 Å². The van der Waals surface area contributed by atoms with E-state index in [-0.39, 0.29) is 5.92 Å². The van der Waals surface area contributed by atoms with Crippen LogP contribution in [0.4, 0.5) is 0 Å². The van der Waals surface area contributed by atoms with Crippen LogP contribution in [-0.2, 0) is 4.79 Å². The van der Waals surface area contributed by atoms with Crippen molar-refractivity contribution in [1.82, 2.24) is 5.32 Å². The third kappa shape index (κ3) is 1.22. The Kier molecular flexibility index (Phi) is 2.13. The molecule has 1 heterocycles. The molecule has 1 rings (SSSR count). The number of carboxylic acids is 1. The Morgan fingerprint density at radius 3 is 2.55 bits per heavy atom. The fourth-order valence-electron chi connectivity index (χ4n) is 0.995. The number of rotatable bonds is 2. The molecule has 0 aromatic rings. The predicted octanol–water partition coefficient (Wildman–Crippen LogP) is 1.23. The van der Waals surface area contributed by atoms with Crippen molar-refractivity contribution in [2.45, 2.75) is 18.7 Å². The molecule has 0 saturated heterocycles. The van der Waals surface area contributed by atoms with Crippen molar-refractivity contribution < 1.29 is 9.90 Å². The lowest BCUT2D eigenvalue weighted by molar-refractivity contribution is -0.141. The van der Waals surface area contributed by atoms with Crippen LogP contribution < -0.4 is 5.32 Å². The molecule has 0 radical (unpaired) electrons. The number of carboxylic acid groups (broad SMARTS) is 1. The highest BCUT2D eigenvalue weighted by Gasteiger charge is 2.43. The van der Waals surface area contributed by atoms with Crippen LogP contribution in [0.2, 0.25) is 0 Å². The zero-order chi connectivity index (χ0) is 8.48. The van der Waals surface area contributed by atoms with Gasteiger partial charge >= 0.3 is 5.97 Å². The first-order valence-corrected chi connectivity index (χ1v) is 4.31.